The number of anilines is 1. The van der Waals surface area contributed by atoms with Gasteiger partial charge in [-0.3, -0.25) is 0 Å². The molecule has 1 unspecified atom stereocenters. The zero-order chi connectivity index (χ0) is 14.3. The SMILES string of the molecule is CCCCCCC(C)Nc1nc(C)ccc1C(=O)O. The molecule has 0 aliphatic carbocycles. The number of rotatable bonds is 8. The van der Waals surface area contributed by atoms with Crippen LogP contribution in [-0.4, -0.2) is 22.1 Å². The van der Waals surface area contributed by atoms with Crippen LogP contribution < -0.4 is 5.32 Å². The molecule has 19 heavy (non-hydrogen) atoms. The van der Waals surface area contributed by atoms with E-state index in [4.69, 9.17) is 5.11 Å². The topological polar surface area (TPSA) is 62.2 Å². The average Bonchev–Trinajstić information content (AvgIpc) is 2.34. The fourth-order valence-electron chi connectivity index (χ4n) is 2.02. The number of carboxylic acid groups (broad SMARTS) is 1. The highest BCUT2D eigenvalue weighted by Crippen LogP contribution is 2.16. The summed E-state index contributed by atoms with van der Waals surface area (Å²) in [6.07, 6.45) is 5.92. The first-order chi connectivity index (χ1) is 9.04. The third-order valence-electron chi connectivity index (χ3n) is 3.14. The first kappa shape index (κ1) is 15.5. The predicted molar refractivity (Wildman–Crippen MR) is 77.8 cm³/mol. The van der Waals surface area contributed by atoms with Gasteiger partial charge in [0.2, 0.25) is 0 Å². The van der Waals surface area contributed by atoms with E-state index in [2.05, 4.69) is 24.1 Å². The molecule has 0 saturated heterocycles. The number of carbonyl (C=O) groups is 1. The van der Waals surface area contributed by atoms with E-state index in [1.165, 1.54) is 19.3 Å². The first-order valence-corrected chi connectivity index (χ1v) is 7.02. The van der Waals surface area contributed by atoms with Crippen molar-refractivity contribution < 1.29 is 9.90 Å². The molecule has 4 nitrogen and oxygen atoms in total. The van der Waals surface area contributed by atoms with Crippen molar-refractivity contribution in [1.29, 1.82) is 0 Å². The van der Waals surface area contributed by atoms with E-state index in [1.807, 2.05) is 6.92 Å². The van der Waals surface area contributed by atoms with Crippen LogP contribution in [0.1, 0.15) is 62.0 Å². The molecule has 4 heteroatoms. The van der Waals surface area contributed by atoms with Crippen molar-refractivity contribution in [1.82, 2.24) is 4.98 Å². The number of aromatic nitrogens is 1. The molecule has 0 bridgehead atoms. The summed E-state index contributed by atoms with van der Waals surface area (Å²) in [7, 11) is 0. The molecule has 0 aliphatic heterocycles. The molecule has 0 spiro atoms. The van der Waals surface area contributed by atoms with Crippen molar-refractivity contribution in [3.63, 3.8) is 0 Å². The Balaban J connectivity index is 2.60. The zero-order valence-corrected chi connectivity index (χ0v) is 12.1. The lowest BCUT2D eigenvalue weighted by Gasteiger charge is -2.16. The van der Waals surface area contributed by atoms with Gasteiger partial charge in [0, 0.05) is 11.7 Å². The molecule has 106 valence electrons. The number of aryl methyl sites for hydroxylation is 1. The Morgan fingerprint density at radius 3 is 2.74 bits per heavy atom. The van der Waals surface area contributed by atoms with Gasteiger partial charge in [-0.15, -0.1) is 0 Å². The maximum Gasteiger partial charge on any atom is 0.339 e. The lowest BCUT2D eigenvalue weighted by molar-refractivity contribution is 0.0697. The van der Waals surface area contributed by atoms with Gasteiger partial charge in [0.1, 0.15) is 11.4 Å². The highest BCUT2D eigenvalue weighted by atomic mass is 16.4. The Bertz CT molecular complexity index is 419. The van der Waals surface area contributed by atoms with Crippen LogP contribution in [0.15, 0.2) is 12.1 Å². The van der Waals surface area contributed by atoms with E-state index in [9.17, 15) is 4.79 Å². The maximum atomic E-state index is 11.1. The largest absolute Gasteiger partial charge is 0.478 e. The third-order valence-corrected chi connectivity index (χ3v) is 3.14. The number of nitrogens with one attached hydrogen (secondary N) is 1. The standard InChI is InChI=1S/C15H24N2O2/c1-4-5-6-7-8-11(2)16-14-13(15(18)19)10-9-12(3)17-14/h9-11H,4-8H2,1-3H3,(H,16,17)(H,18,19). The van der Waals surface area contributed by atoms with Gasteiger partial charge in [-0.25, -0.2) is 9.78 Å². The predicted octanol–water partition coefficient (Wildman–Crippen LogP) is 3.86. The van der Waals surface area contributed by atoms with Gasteiger partial charge >= 0.3 is 5.97 Å². The van der Waals surface area contributed by atoms with Crippen LogP contribution in [0.3, 0.4) is 0 Å². The number of carboxylic acids is 1. The summed E-state index contributed by atoms with van der Waals surface area (Å²) < 4.78 is 0. The van der Waals surface area contributed by atoms with E-state index >= 15 is 0 Å². The number of hydrogen-bond donors (Lipinski definition) is 2. The van der Waals surface area contributed by atoms with E-state index in [-0.39, 0.29) is 11.6 Å². The Morgan fingerprint density at radius 1 is 1.37 bits per heavy atom. The van der Waals surface area contributed by atoms with Gasteiger partial charge in [0.05, 0.1) is 0 Å². The molecular formula is C15H24N2O2. The summed E-state index contributed by atoms with van der Waals surface area (Å²) in [4.78, 5) is 15.4. The molecule has 0 aromatic carbocycles. The second kappa shape index (κ2) is 7.77. The van der Waals surface area contributed by atoms with Crippen molar-refractivity contribution in [2.75, 3.05) is 5.32 Å². The summed E-state index contributed by atoms with van der Waals surface area (Å²) in [6, 6.07) is 3.57. The van der Waals surface area contributed by atoms with Crippen molar-refractivity contribution in [2.24, 2.45) is 0 Å². The number of aromatic carboxylic acids is 1. The second-order valence-electron chi connectivity index (χ2n) is 5.05. The highest BCUT2D eigenvalue weighted by Gasteiger charge is 2.13. The Morgan fingerprint density at radius 2 is 2.11 bits per heavy atom. The van der Waals surface area contributed by atoms with Crippen LogP contribution in [0, 0.1) is 6.92 Å². The quantitative estimate of drug-likeness (QED) is 0.700. The van der Waals surface area contributed by atoms with E-state index < -0.39 is 5.97 Å². The summed E-state index contributed by atoms with van der Waals surface area (Å²) in [5.41, 5.74) is 1.07. The van der Waals surface area contributed by atoms with Crippen LogP contribution >= 0.6 is 0 Å². The Hall–Kier alpha value is -1.58. The summed E-state index contributed by atoms with van der Waals surface area (Å²) in [6.45, 7) is 6.13. The molecular weight excluding hydrogens is 240 g/mol. The molecule has 0 radical (unpaired) electrons. The molecule has 0 amide bonds. The van der Waals surface area contributed by atoms with Crippen LogP contribution in [0.25, 0.3) is 0 Å². The zero-order valence-electron chi connectivity index (χ0n) is 12.1. The van der Waals surface area contributed by atoms with Crippen molar-refractivity contribution in [3.05, 3.63) is 23.4 Å². The molecule has 1 heterocycles. The summed E-state index contributed by atoms with van der Waals surface area (Å²) in [5.74, 6) is -0.455. The number of nitrogens with zero attached hydrogens (tertiary/aromatic N) is 1. The molecule has 0 aliphatic rings. The molecule has 1 rings (SSSR count). The smallest absolute Gasteiger partial charge is 0.339 e. The minimum atomic E-state index is -0.937. The number of unbranched alkanes of at least 4 members (excludes halogenated alkanes) is 3. The second-order valence-corrected chi connectivity index (χ2v) is 5.05. The van der Waals surface area contributed by atoms with Gasteiger partial charge in [-0.1, -0.05) is 32.6 Å². The molecule has 1 aromatic rings. The highest BCUT2D eigenvalue weighted by molar-refractivity contribution is 5.93. The molecule has 2 N–H and O–H groups in total. The molecule has 1 atom stereocenters. The van der Waals surface area contributed by atoms with Gasteiger partial charge in [-0.2, -0.15) is 0 Å². The van der Waals surface area contributed by atoms with Crippen LogP contribution in [-0.2, 0) is 0 Å². The van der Waals surface area contributed by atoms with Crippen LogP contribution in [0.2, 0.25) is 0 Å². The first-order valence-electron chi connectivity index (χ1n) is 7.02. The Kier molecular flexibility index (Phi) is 6.33. The van der Waals surface area contributed by atoms with E-state index in [0.717, 1.165) is 18.5 Å². The third kappa shape index (κ3) is 5.28. The van der Waals surface area contributed by atoms with Gasteiger partial charge in [0.15, 0.2) is 0 Å². The minimum Gasteiger partial charge on any atom is -0.478 e. The van der Waals surface area contributed by atoms with Crippen molar-refractivity contribution >= 4 is 11.8 Å². The fourth-order valence-corrected chi connectivity index (χ4v) is 2.02. The molecule has 0 saturated carbocycles. The monoisotopic (exact) mass is 264 g/mol. The summed E-state index contributed by atoms with van der Waals surface area (Å²) >= 11 is 0. The average molecular weight is 264 g/mol. The van der Waals surface area contributed by atoms with E-state index in [1.54, 1.807) is 12.1 Å². The summed E-state index contributed by atoms with van der Waals surface area (Å²) in [5, 5.41) is 12.4. The van der Waals surface area contributed by atoms with Gasteiger partial charge < -0.3 is 10.4 Å². The minimum absolute atomic E-state index is 0.240. The van der Waals surface area contributed by atoms with Gasteiger partial charge in [0.25, 0.3) is 0 Å². The number of pyridine rings is 1. The van der Waals surface area contributed by atoms with Crippen LogP contribution in [0.5, 0.6) is 0 Å². The lowest BCUT2D eigenvalue weighted by Crippen LogP contribution is -2.18. The Labute approximate surface area is 115 Å². The fraction of sp³-hybridized carbons (Fsp3) is 0.600. The normalized spacial score (nSPS) is 12.2. The lowest BCUT2D eigenvalue weighted by atomic mass is 10.1. The van der Waals surface area contributed by atoms with Crippen LogP contribution in [0.4, 0.5) is 5.82 Å². The van der Waals surface area contributed by atoms with Crippen molar-refractivity contribution in [3.8, 4) is 0 Å². The van der Waals surface area contributed by atoms with E-state index in [0.29, 0.717) is 5.82 Å². The molecule has 0 fully saturated rings. The maximum absolute atomic E-state index is 11.1. The molecule has 1 aromatic heterocycles. The van der Waals surface area contributed by atoms with Crippen molar-refractivity contribution in [2.45, 2.75) is 58.9 Å². The van der Waals surface area contributed by atoms with Gasteiger partial charge in [-0.05, 0) is 32.4 Å². The number of hydrogen-bond acceptors (Lipinski definition) is 3.